The fourth-order valence-electron chi connectivity index (χ4n) is 2.39. The molecule has 104 valence electrons. The summed E-state index contributed by atoms with van der Waals surface area (Å²) in [5.74, 6) is -0.0417. The number of nitrogen functional groups attached to an aromatic ring is 1. The van der Waals surface area contributed by atoms with Crippen molar-refractivity contribution in [1.82, 2.24) is 15.1 Å². The summed E-state index contributed by atoms with van der Waals surface area (Å²) in [6.07, 6.45) is 0.819. The third kappa shape index (κ3) is 2.35. The molecule has 1 aromatic heterocycles. The van der Waals surface area contributed by atoms with Gasteiger partial charge in [-0.1, -0.05) is 6.07 Å². The minimum Gasteiger partial charge on any atom is -0.399 e. The van der Waals surface area contributed by atoms with E-state index in [1.54, 1.807) is 0 Å². The molecule has 0 aliphatic carbocycles. The Morgan fingerprint density at radius 1 is 1.35 bits per heavy atom. The quantitative estimate of drug-likeness (QED) is 0.724. The smallest absolute Gasteiger partial charge is 0.259 e. The van der Waals surface area contributed by atoms with Crippen LogP contribution in [0.4, 0.5) is 5.69 Å². The van der Waals surface area contributed by atoms with Crippen LogP contribution in [0, 0.1) is 0 Å². The number of benzene rings is 1. The summed E-state index contributed by atoms with van der Waals surface area (Å²) >= 11 is 6.60. The van der Waals surface area contributed by atoms with Crippen LogP contribution >= 0.6 is 31.9 Å². The summed E-state index contributed by atoms with van der Waals surface area (Å²) in [6, 6.07) is 5.85. The van der Waals surface area contributed by atoms with E-state index in [9.17, 15) is 4.79 Å². The summed E-state index contributed by atoms with van der Waals surface area (Å²) in [5.41, 5.74) is 9.46. The van der Waals surface area contributed by atoms with Crippen LogP contribution in [0.25, 0.3) is 0 Å². The minimum atomic E-state index is -0.0417. The molecule has 0 spiro atoms. The lowest BCUT2D eigenvalue weighted by Gasteiger charge is -2.29. The van der Waals surface area contributed by atoms with Crippen LogP contribution in [0.1, 0.15) is 21.5 Å². The molecule has 1 aliphatic heterocycles. The van der Waals surface area contributed by atoms with Gasteiger partial charge in [0, 0.05) is 18.8 Å². The average molecular weight is 400 g/mol. The fourth-order valence-corrected chi connectivity index (χ4v) is 3.56. The maximum atomic E-state index is 12.6. The zero-order chi connectivity index (χ0) is 14.3. The highest BCUT2D eigenvalue weighted by Gasteiger charge is 2.26. The van der Waals surface area contributed by atoms with Gasteiger partial charge in [0.05, 0.1) is 0 Å². The number of hydrogen-bond donors (Lipinski definition) is 2. The van der Waals surface area contributed by atoms with Crippen molar-refractivity contribution in [2.24, 2.45) is 0 Å². The van der Waals surface area contributed by atoms with Crippen molar-refractivity contribution in [3.05, 3.63) is 44.1 Å². The van der Waals surface area contributed by atoms with Gasteiger partial charge in [0.25, 0.3) is 5.91 Å². The van der Waals surface area contributed by atoms with Gasteiger partial charge in [-0.05, 0) is 61.5 Å². The second kappa shape index (κ2) is 5.21. The maximum Gasteiger partial charge on any atom is 0.259 e. The number of aromatic nitrogens is 2. The van der Waals surface area contributed by atoms with Gasteiger partial charge in [-0.3, -0.25) is 9.89 Å². The third-order valence-electron chi connectivity index (χ3n) is 3.42. The topological polar surface area (TPSA) is 75.0 Å². The van der Waals surface area contributed by atoms with E-state index in [2.05, 4.69) is 42.1 Å². The third-order valence-corrected chi connectivity index (χ3v) is 4.57. The molecule has 0 fully saturated rings. The van der Waals surface area contributed by atoms with Crippen LogP contribution < -0.4 is 5.73 Å². The molecule has 2 heterocycles. The molecule has 0 saturated heterocycles. The largest absolute Gasteiger partial charge is 0.399 e. The molecular weight excluding hydrogens is 388 g/mol. The molecule has 3 rings (SSSR count). The number of nitrogens with two attached hydrogens (primary N) is 1. The first-order valence-corrected chi connectivity index (χ1v) is 7.71. The number of halogens is 2. The molecule has 1 amide bonds. The molecule has 0 radical (unpaired) electrons. The van der Waals surface area contributed by atoms with Crippen molar-refractivity contribution in [1.29, 1.82) is 0 Å². The fraction of sp³-hybridized carbons (Fsp3) is 0.231. The monoisotopic (exact) mass is 398 g/mol. The van der Waals surface area contributed by atoms with Gasteiger partial charge in [-0.15, -0.1) is 0 Å². The standard InChI is InChI=1S/C13H12Br2N4O/c14-11-10(12(15)18-17-11)13(20)19-4-3-7-5-9(16)2-1-8(7)6-19/h1-2,5H,3-4,6,16H2,(H,17,18). The second-order valence-electron chi connectivity index (χ2n) is 4.71. The van der Waals surface area contributed by atoms with Crippen LogP contribution in [0.3, 0.4) is 0 Å². The molecule has 0 atom stereocenters. The van der Waals surface area contributed by atoms with Crippen LogP contribution in [-0.4, -0.2) is 27.5 Å². The number of nitrogens with zero attached hydrogens (tertiary/aromatic N) is 2. The predicted octanol–water partition coefficient (Wildman–Crippen LogP) is 2.72. The number of carbonyl (C=O) groups is 1. The molecular formula is C13H12Br2N4O. The molecule has 0 unspecified atom stereocenters. The van der Waals surface area contributed by atoms with E-state index in [1.165, 1.54) is 5.56 Å². The first kappa shape index (κ1) is 13.6. The Labute approximate surface area is 132 Å². The molecule has 2 aromatic rings. The second-order valence-corrected chi connectivity index (χ2v) is 6.25. The van der Waals surface area contributed by atoms with E-state index in [4.69, 9.17) is 5.73 Å². The van der Waals surface area contributed by atoms with Crippen LogP contribution in [0.5, 0.6) is 0 Å². The Morgan fingerprint density at radius 2 is 2.15 bits per heavy atom. The van der Waals surface area contributed by atoms with Crippen LogP contribution in [0.15, 0.2) is 27.4 Å². The summed E-state index contributed by atoms with van der Waals surface area (Å²) in [7, 11) is 0. The Hall–Kier alpha value is -1.34. The SMILES string of the molecule is Nc1ccc2c(c1)CCN(C(=O)c1c(Br)n[nH]c1Br)C2. The lowest BCUT2D eigenvalue weighted by molar-refractivity contribution is 0.0733. The highest BCUT2D eigenvalue weighted by atomic mass is 79.9. The predicted molar refractivity (Wildman–Crippen MR) is 83.3 cm³/mol. The average Bonchev–Trinajstić information content (AvgIpc) is 2.77. The molecule has 1 aromatic carbocycles. The maximum absolute atomic E-state index is 12.6. The molecule has 3 N–H and O–H groups in total. The van der Waals surface area contributed by atoms with Gasteiger partial charge in [0.2, 0.25) is 0 Å². The first-order valence-electron chi connectivity index (χ1n) is 6.12. The van der Waals surface area contributed by atoms with Crippen LogP contribution in [-0.2, 0) is 13.0 Å². The Kier molecular flexibility index (Phi) is 3.55. The molecule has 1 aliphatic rings. The van der Waals surface area contributed by atoms with Gasteiger partial charge in [-0.25, -0.2) is 0 Å². The highest BCUT2D eigenvalue weighted by molar-refractivity contribution is 9.11. The number of rotatable bonds is 1. The number of nitrogens with one attached hydrogen (secondary N) is 1. The number of fused-ring (bicyclic) bond motifs is 1. The van der Waals surface area contributed by atoms with Crippen molar-refractivity contribution in [3.63, 3.8) is 0 Å². The Balaban J connectivity index is 1.87. The van der Waals surface area contributed by atoms with Crippen molar-refractivity contribution < 1.29 is 4.79 Å². The number of amides is 1. The summed E-state index contributed by atoms with van der Waals surface area (Å²) in [5, 5.41) is 6.71. The van der Waals surface area contributed by atoms with Crippen molar-refractivity contribution in [3.8, 4) is 0 Å². The van der Waals surface area contributed by atoms with Crippen molar-refractivity contribution >= 4 is 43.5 Å². The molecule has 0 saturated carbocycles. The zero-order valence-electron chi connectivity index (χ0n) is 10.5. The Bertz CT molecular complexity index is 664. The number of aromatic amines is 1. The van der Waals surface area contributed by atoms with Gasteiger partial charge < -0.3 is 10.6 Å². The number of anilines is 1. The summed E-state index contributed by atoms with van der Waals surface area (Å²) in [4.78, 5) is 14.4. The molecule has 7 heteroatoms. The molecule has 5 nitrogen and oxygen atoms in total. The number of H-pyrrole nitrogens is 1. The summed E-state index contributed by atoms with van der Waals surface area (Å²) < 4.78 is 1.12. The first-order chi connectivity index (χ1) is 9.56. The zero-order valence-corrected chi connectivity index (χ0v) is 13.7. The normalized spacial score (nSPS) is 14.2. The number of carbonyl (C=O) groups excluding carboxylic acids is 1. The van der Waals surface area contributed by atoms with E-state index in [0.29, 0.717) is 27.9 Å². The molecule has 20 heavy (non-hydrogen) atoms. The number of hydrogen-bond acceptors (Lipinski definition) is 3. The van der Waals surface area contributed by atoms with E-state index in [-0.39, 0.29) is 5.91 Å². The van der Waals surface area contributed by atoms with Gasteiger partial charge in [0.15, 0.2) is 0 Å². The van der Waals surface area contributed by atoms with Gasteiger partial charge in [0.1, 0.15) is 14.8 Å². The lowest BCUT2D eigenvalue weighted by atomic mass is 9.99. The van der Waals surface area contributed by atoms with E-state index >= 15 is 0 Å². The minimum absolute atomic E-state index is 0.0417. The molecule has 0 bridgehead atoms. The van der Waals surface area contributed by atoms with E-state index in [0.717, 1.165) is 17.7 Å². The highest BCUT2D eigenvalue weighted by Crippen LogP contribution is 2.27. The lowest BCUT2D eigenvalue weighted by Crippen LogP contribution is -2.36. The van der Waals surface area contributed by atoms with Crippen molar-refractivity contribution in [2.75, 3.05) is 12.3 Å². The van der Waals surface area contributed by atoms with Gasteiger partial charge >= 0.3 is 0 Å². The Morgan fingerprint density at radius 3 is 2.85 bits per heavy atom. The summed E-state index contributed by atoms with van der Waals surface area (Å²) in [6.45, 7) is 1.28. The van der Waals surface area contributed by atoms with Gasteiger partial charge in [-0.2, -0.15) is 5.10 Å². The van der Waals surface area contributed by atoms with Crippen LogP contribution in [0.2, 0.25) is 0 Å². The van der Waals surface area contributed by atoms with Crippen molar-refractivity contribution in [2.45, 2.75) is 13.0 Å². The van der Waals surface area contributed by atoms with E-state index < -0.39 is 0 Å². The van der Waals surface area contributed by atoms with E-state index in [1.807, 2.05) is 23.1 Å².